The molecule has 0 amide bonds. The quantitative estimate of drug-likeness (QED) is 0.724. The average molecular weight is 188 g/mol. The Kier molecular flexibility index (Phi) is 3.39. The average Bonchev–Trinajstić information content (AvgIpc) is 2.18. The van der Waals surface area contributed by atoms with Crippen LogP contribution in [0.25, 0.3) is 0 Å². The van der Waals surface area contributed by atoms with Gasteiger partial charge in [0.1, 0.15) is 6.21 Å². The molecule has 0 aliphatic heterocycles. The molecule has 4 nitrogen and oxygen atoms in total. The summed E-state index contributed by atoms with van der Waals surface area (Å²) in [4.78, 5) is 13.8. The number of nitrogens with zero attached hydrogens (tertiary/aromatic N) is 2. The van der Waals surface area contributed by atoms with E-state index in [4.69, 9.17) is 10.4 Å². The van der Waals surface area contributed by atoms with Gasteiger partial charge in [-0.2, -0.15) is 5.26 Å². The Bertz CT molecular complexity index is 388. The molecule has 0 aliphatic carbocycles. The summed E-state index contributed by atoms with van der Waals surface area (Å²) in [5.41, 5.74) is 1.46. The third kappa shape index (κ3) is 3.07. The van der Waals surface area contributed by atoms with Crippen LogP contribution < -0.4 is 0 Å². The highest BCUT2D eigenvalue weighted by Crippen LogP contribution is 2.03. The lowest BCUT2D eigenvalue weighted by atomic mass is 10.1. The fourth-order valence-electron chi connectivity index (χ4n) is 0.914. The summed E-state index contributed by atoms with van der Waals surface area (Å²) in [5, 5.41) is 16.8. The second-order valence-electron chi connectivity index (χ2n) is 2.62. The molecule has 70 valence electrons. The molecule has 0 saturated carbocycles. The first-order valence-corrected chi connectivity index (χ1v) is 3.94. The van der Waals surface area contributed by atoms with E-state index in [1.165, 1.54) is 0 Å². The van der Waals surface area contributed by atoms with Crippen molar-refractivity contribution >= 4 is 12.2 Å². The molecule has 0 fully saturated rings. The third-order valence-corrected chi connectivity index (χ3v) is 1.56. The SMILES string of the molecule is N#Cc1ccc(CN=CC(=O)O)cc1. The molecular formula is C10H8N2O2. The lowest BCUT2D eigenvalue weighted by molar-refractivity contribution is -0.128. The zero-order valence-electron chi connectivity index (χ0n) is 7.34. The molecule has 0 bridgehead atoms. The fraction of sp³-hybridized carbons (Fsp3) is 0.100. The van der Waals surface area contributed by atoms with Crippen LogP contribution in [0.3, 0.4) is 0 Å². The molecule has 1 rings (SSSR count). The summed E-state index contributed by atoms with van der Waals surface area (Å²) in [7, 11) is 0. The molecule has 4 heteroatoms. The number of carboxylic acids is 1. The molecule has 0 aromatic heterocycles. The third-order valence-electron chi connectivity index (χ3n) is 1.56. The Morgan fingerprint density at radius 2 is 2.14 bits per heavy atom. The molecule has 14 heavy (non-hydrogen) atoms. The van der Waals surface area contributed by atoms with Crippen LogP contribution in [0.5, 0.6) is 0 Å². The highest BCUT2D eigenvalue weighted by atomic mass is 16.4. The van der Waals surface area contributed by atoms with Crippen molar-refractivity contribution in [2.45, 2.75) is 6.54 Å². The molecule has 0 heterocycles. The largest absolute Gasteiger partial charge is 0.477 e. The van der Waals surface area contributed by atoms with Crippen LogP contribution in [-0.2, 0) is 11.3 Å². The summed E-state index contributed by atoms with van der Waals surface area (Å²) in [6.07, 6.45) is 0.859. The maximum Gasteiger partial charge on any atom is 0.346 e. The van der Waals surface area contributed by atoms with E-state index in [1.54, 1.807) is 24.3 Å². The zero-order chi connectivity index (χ0) is 10.4. The van der Waals surface area contributed by atoms with Gasteiger partial charge in [-0.25, -0.2) is 4.79 Å². The highest BCUT2D eigenvalue weighted by Gasteiger charge is 1.92. The summed E-state index contributed by atoms with van der Waals surface area (Å²) in [5.74, 6) is -1.06. The van der Waals surface area contributed by atoms with E-state index in [0.29, 0.717) is 12.1 Å². The first-order chi connectivity index (χ1) is 6.72. The normalized spacial score (nSPS) is 9.93. The van der Waals surface area contributed by atoms with Gasteiger partial charge in [0.2, 0.25) is 0 Å². The lowest BCUT2D eigenvalue weighted by Crippen LogP contribution is -1.95. The summed E-state index contributed by atoms with van der Waals surface area (Å²) in [6, 6.07) is 8.84. The number of carbonyl (C=O) groups is 1. The first-order valence-electron chi connectivity index (χ1n) is 3.94. The highest BCUT2D eigenvalue weighted by molar-refractivity contribution is 6.21. The molecule has 0 aliphatic rings. The molecule has 1 N–H and O–H groups in total. The van der Waals surface area contributed by atoms with Gasteiger partial charge in [-0.1, -0.05) is 12.1 Å². The van der Waals surface area contributed by atoms with Crippen molar-refractivity contribution in [1.82, 2.24) is 0 Å². The first kappa shape index (κ1) is 9.93. The minimum Gasteiger partial charge on any atom is -0.477 e. The van der Waals surface area contributed by atoms with E-state index in [0.717, 1.165) is 11.8 Å². The summed E-state index contributed by atoms with van der Waals surface area (Å²) < 4.78 is 0. The van der Waals surface area contributed by atoms with Crippen LogP contribution in [0.2, 0.25) is 0 Å². The van der Waals surface area contributed by atoms with Crippen molar-refractivity contribution in [2.75, 3.05) is 0 Å². The summed E-state index contributed by atoms with van der Waals surface area (Å²) >= 11 is 0. The van der Waals surface area contributed by atoms with Crippen molar-refractivity contribution in [2.24, 2.45) is 4.99 Å². The maximum atomic E-state index is 10.1. The molecule has 1 aromatic rings. The van der Waals surface area contributed by atoms with Gasteiger partial charge in [0.25, 0.3) is 0 Å². The predicted molar refractivity (Wildman–Crippen MR) is 51.0 cm³/mol. The summed E-state index contributed by atoms with van der Waals surface area (Å²) in [6.45, 7) is 0.317. The molecule has 0 spiro atoms. The van der Waals surface area contributed by atoms with E-state index in [9.17, 15) is 4.79 Å². The van der Waals surface area contributed by atoms with Gasteiger partial charge in [-0.05, 0) is 17.7 Å². The van der Waals surface area contributed by atoms with Crippen molar-refractivity contribution in [3.8, 4) is 6.07 Å². The van der Waals surface area contributed by atoms with Crippen LogP contribution in [0.4, 0.5) is 0 Å². The van der Waals surface area contributed by atoms with Gasteiger partial charge in [-0.3, -0.25) is 4.99 Å². The van der Waals surface area contributed by atoms with Crippen LogP contribution in [0.15, 0.2) is 29.3 Å². The van der Waals surface area contributed by atoms with E-state index in [-0.39, 0.29) is 0 Å². The molecule has 0 atom stereocenters. The molecule has 0 unspecified atom stereocenters. The topological polar surface area (TPSA) is 73.5 Å². The van der Waals surface area contributed by atoms with Crippen LogP contribution in [0.1, 0.15) is 11.1 Å². The molecule has 0 radical (unpaired) electrons. The number of rotatable bonds is 3. The zero-order valence-corrected chi connectivity index (χ0v) is 7.34. The number of nitriles is 1. The number of aliphatic carboxylic acids is 1. The minimum atomic E-state index is -1.06. The molecular weight excluding hydrogens is 180 g/mol. The lowest BCUT2D eigenvalue weighted by Gasteiger charge is -1.94. The Labute approximate surface area is 81.1 Å². The van der Waals surface area contributed by atoms with Gasteiger partial charge < -0.3 is 5.11 Å². The minimum absolute atomic E-state index is 0.317. The maximum absolute atomic E-state index is 10.1. The van der Waals surface area contributed by atoms with E-state index in [2.05, 4.69) is 4.99 Å². The van der Waals surface area contributed by atoms with E-state index >= 15 is 0 Å². The molecule has 0 saturated heterocycles. The van der Waals surface area contributed by atoms with Crippen LogP contribution >= 0.6 is 0 Å². The van der Waals surface area contributed by atoms with Gasteiger partial charge in [0.05, 0.1) is 18.2 Å². The van der Waals surface area contributed by atoms with Crippen LogP contribution in [0, 0.1) is 11.3 Å². The number of hydrogen-bond donors (Lipinski definition) is 1. The second kappa shape index (κ2) is 4.77. The van der Waals surface area contributed by atoms with Crippen molar-refractivity contribution in [3.63, 3.8) is 0 Å². The number of benzene rings is 1. The van der Waals surface area contributed by atoms with Crippen LogP contribution in [-0.4, -0.2) is 17.3 Å². The predicted octanol–water partition coefficient (Wildman–Crippen LogP) is 1.21. The Balaban J connectivity index is 2.61. The Hall–Kier alpha value is -2.15. The van der Waals surface area contributed by atoms with Crippen molar-refractivity contribution < 1.29 is 9.90 Å². The van der Waals surface area contributed by atoms with Gasteiger partial charge in [0, 0.05) is 0 Å². The monoisotopic (exact) mass is 188 g/mol. The standard InChI is InChI=1S/C10H8N2O2/c11-5-8-1-3-9(4-2-8)6-12-7-10(13)14/h1-4,7H,6H2,(H,13,14). The van der Waals surface area contributed by atoms with E-state index < -0.39 is 5.97 Å². The second-order valence-corrected chi connectivity index (χ2v) is 2.62. The van der Waals surface area contributed by atoms with Gasteiger partial charge in [0.15, 0.2) is 0 Å². The number of aliphatic imine (C=N–C) groups is 1. The van der Waals surface area contributed by atoms with Gasteiger partial charge >= 0.3 is 5.97 Å². The smallest absolute Gasteiger partial charge is 0.346 e. The van der Waals surface area contributed by atoms with E-state index in [1.807, 2.05) is 6.07 Å². The van der Waals surface area contributed by atoms with Crippen molar-refractivity contribution in [3.05, 3.63) is 35.4 Å². The molecule has 1 aromatic carbocycles. The number of hydrogen-bond acceptors (Lipinski definition) is 3. The van der Waals surface area contributed by atoms with Crippen molar-refractivity contribution in [1.29, 1.82) is 5.26 Å². The Morgan fingerprint density at radius 1 is 1.50 bits per heavy atom. The fourth-order valence-corrected chi connectivity index (χ4v) is 0.914. The number of carboxylic acid groups (broad SMARTS) is 1. The van der Waals surface area contributed by atoms with Gasteiger partial charge in [-0.15, -0.1) is 0 Å². The Morgan fingerprint density at radius 3 is 2.64 bits per heavy atom.